The van der Waals surface area contributed by atoms with Gasteiger partial charge in [-0.1, -0.05) is 30.3 Å². The van der Waals surface area contributed by atoms with E-state index in [-0.39, 0.29) is 5.56 Å². The summed E-state index contributed by atoms with van der Waals surface area (Å²) < 4.78 is 45.2. The Hall–Kier alpha value is -1.99. The quantitative estimate of drug-likeness (QED) is 0.838. The number of rotatable bonds is 3. The van der Waals surface area contributed by atoms with E-state index in [1.807, 2.05) is 0 Å². The Balaban J connectivity index is 2.62. The Morgan fingerprint density at radius 1 is 0.947 bits per heavy atom. The highest BCUT2D eigenvalue weighted by Gasteiger charge is 2.24. The minimum atomic E-state index is -2.40. The summed E-state index contributed by atoms with van der Waals surface area (Å²) in [6.45, 7) is 0. The molecule has 2 aromatic rings. The van der Waals surface area contributed by atoms with Crippen LogP contribution in [-0.4, -0.2) is 17.4 Å². The minimum Gasteiger partial charge on any atom is -0.507 e. The van der Waals surface area contributed by atoms with Crippen molar-refractivity contribution in [2.24, 2.45) is 0 Å². The SMILES string of the molecule is OB(O)Oc1c(F)cc(F)c(-c2ccccc2)c1F. The lowest BCUT2D eigenvalue weighted by Crippen LogP contribution is -2.22. The molecule has 19 heavy (non-hydrogen) atoms. The number of benzene rings is 2. The van der Waals surface area contributed by atoms with Crippen LogP contribution in [0.1, 0.15) is 0 Å². The lowest BCUT2D eigenvalue weighted by molar-refractivity contribution is 0.274. The first-order chi connectivity index (χ1) is 9.00. The van der Waals surface area contributed by atoms with Gasteiger partial charge in [0.15, 0.2) is 17.4 Å². The van der Waals surface area contributed by atoms with Crippen LogP contribution in [-0.2, 0) is 0 Å². The fourth-order valence-corrected chi connectivity index (χ4v) is 1.66. The molecule has 0 aliphatic rings. The normalized spacial score (nSPS) is 10.4. The molecule has 7 heteroatoms. The van der Waals surface area contributed by atoms with Crippen molar-refractivity contribution < 1.29 is 27.9 Å². The topological polar surface area (TPSA) is 49.7 Å². The van der Waals surface area contributed by atoms with E-state index in [1.54, 1.807) is 18.2 Å². The lowest BCUT2D eigenvalue weighted by atomic mass is 10.0. The molecule has 3 nitrogen and oxygen atoms in total. The largest absolute Gasteiger partial charge is 0.707 e. The summed E-state index contributed by atoms with van der Waals surface area (Å²) in [5.74, 6) is -4.85. The van der Waals surface area contributed by atoms with Crippen molar-refractivity contribution in [3.05, 3.63) is 53.8 Å². The highest BCUT2D eigenvalue weighted by atomic mass is 19.1. The summed E-state index contributed by atoms with van der Waals surface area (Å²) in [6, 6.07) is 8.04. The summed E-state index contributed by atoms with van der Waals surface area (Å²) in [4.78, 5) is 0. The van der Waals surface area contributed by atoms with E-state index in [0.717, 1.165) is 0 Å². The van der Waals surface area contributed by atoms with Crippen molar-refractivity contribution in [1.29, 1.82) is 0 Å². The van der Waals surface area contributed by atoms with Crippen molar-refractivity contribution in [3.63, 3.8) is 0 Å². The summed E-state index contributed by atoms with van der Waals surface area (Å²) in [5, 5.41) is 17.2. The molecule has 2 rings (SSSR count). The highest BCUT2D eigenvalue weighted by Crippen LogP contribution is 2.34. The van der Waals surface area contributed by atoms with Gasteiger partial charge in [0.1, 0.15) is 5.82 Å². The standard InChI is InChI=1S/C12H8BF3O3/c14-8-6-9(15)12(19-13(17)18)11(16)10(8)7-4-2-1-3-5-7/h1-6,17-18H. The molecule has 0 amide bonds. The van der Waals surface area contributed by atoms with Gasteiger partial charge in [0, 0.05) is 6.07 Å². The Labute approximate surface area is 107 Å². The van der Waals surface area contributed by atoms with E-state index in [1.165, 1.54) is 12.1 Å². The molecule has 0 unspecified atom stereocenters. The van der Waals surface area contributed by atoms with Crippen LogP contribution in [0.3, 0.4) is 0 Å². The zero-order valence-electron chi connectivity index (χ0n) is 9.48. The first-order valence-corrected chi connectivity index (χ1v) is 5.26. The molecule has 0 saturated heterocycles. The van der Waals surface area contributed by atoms with Crippen molar-refractivity contribution in [2.75, 3.05) is 0 Å². The van der Waals surface area contributed by atoms with Crippen molar-refractivity contribution in [3.8, 4) is 16.9 Å². The zero-order chi connectivity index (χ0) is 14.0. The van der Waals surface area contributed by atoms with E-state index in [4.69, 9.17) is 10.0 Å². The van der Waals surface area contributed by atoms with Crippen molar-refractivity contribution in [1.82, 2.24) is 0 Å². The van der Waals surface area contributed by atoms with Crippen LogP contribution in [0, 0.1) is 17.5 Å². The summed E-state index contributed by atoms with van der Waals surface area (Å²) in [7, 11) is -2.40. The van der Waals surface area contributed by atoms with Crippen molar-refractivity contribution in [2.45, 2.75) is 0 Å². The maximum absolute atomic E-state index is 14.0. The molecule has 0 heterocycles. The molecular formula is C12H8BF3O3. The summed E-state index contributed by atoms with van der Waals surface area (Å²) in [5.41, 5.74) is -0.326. The minimum absolute atomic E-state index is 0.176. The van der Waals surface area contributed by atoms with E-state index in [2.05, 4.69) is 4.65 Å². The Morgan fingerprint density at radius 2 is 1.58 bits per heavy atom. The average molecular weight is 268 g/mol. The molecular weight excluding hydrogens is 260 g/mol. The van der Waals surface area contributed by atoms with Crippen LogP contribution in [0.2, 0.25) is 0 Å². The molecule has 0 radical (unpaired) electrons. The third-order valence-electron chi connectivity index (χ3n) is 2.41. The molecule has 0 atom stereocenters. The summed E-state index contributed by atoms with van der Waals surface area (Å²) >= 11 is 0. The fraction of sp³-hybridized carbons (Fsp3) is 0. The van der Waals surface area contributed by atoms with E-state index in [9.17, 15) is 13.2 Å². The highest BCUT2D eigenvalue weighted by molar-refractivity contribution is 6.33. The zero-order valence-corrected chi connectivity index (χ0v) is 9.48. The number of hydrogen-bond acceptors (Lipinski definition) is 3. The second kappa shape index (κ2) is 5.33. The molecule has 0 spiro atoms. The van der Waals surface area contributed by atoms with E-state index < -0.39 is 36.1 Å². The van der Waals surface area contributed by atoms with E-state index >= 15 is 0 Å². The van der Waals surface area contributed by atoms with Crippen LogP contribution in [0.15, 0.2) is 36.4 Å². The van der Waals surface area contributed by atoms with Crippen LogP contribution in [0.5, 0.6) is 5.75 Å². The van der Waals surface area contributed by atoms with Gasteiger partial charge >= 0.3 is 7.32 Å². The van der Waals surface area contributed by atoms with Crippen LogP contribution in [0.25, 0.3) is 11.1 Å². The van der Waals surface area contributed by atoms with Crippen LogP contribution >= 0.6 is 0 Å². The van der Waals surface area contributed by atoms with Gasteiger partial charge in [-0.3, -0.25) is 0 Å². The van der Waals surface area contributed by atoms with Gasteiger partial charge in [-0.25, -0.2) is 13.2 Å². The molecule has 0 aliphatic heterocycles. The lowest BCUT2D eigenvalue weighted by Gasteiger charge is -2.12. The maximum Gasteiger partial charge on any atom is 0.707 e. The maximum atomic E-state index is 14.0. The molecule has 0 aliphatic carbocycles. The van der Waals surface area contributed by atoms with E-state index in [0.29, 0.717) is 6.07 Å². The van der Waals surface area contributed by atoms with Crippen LogP contribution < -0.4 is 4.65 Å². The van der Waals surface area contributed by atoms with Crippen molar-refractivity contribution >= 4 is 7.32 Å². The first-order valence-electron chi connectivity index (χ1n) is 5.26. The monoisotopic (exact) mass is 268 g/mol. The second-order valence-corrected chi connectivity index (χ2v) is 3.67. The Morgan fingerprint density at radius 3 is 2.16 bits per heavy atom. The van der Waals surface area contributed by atoms with Gasteiger partial charge in [0.05, 0.1) is 5.56 Å². The molecule has 2 aromatic carbocycles. The number of halogens is 3. The van der Waals surface area contributed by atoms with Crippen LogP contribution in [0.4, 0.5) is 13.2 Å². The smallest absolute Gasteiger partial charge is 0.507 e. The van der Waals surface area contributed by atoms with Gasteiger partial charge in [-0.15, -0.1) is 0 Å². The molecule has 0 saturated carbocycles. The van der Waals surface area contributed by atoms with Gasteiger partial charge in [-0.2, -0.15) is 0 Å². The molecule has 2 N–H and O–H groups in total. The predicted octanol–water partition coefficient (Wildman–Crippen LogP) is 2.12. The fourth-order valence-electron chi connectivity index (χ4n) is 1.66. The third-order valence-corrected chi connectivity index (χ3v) is 2.41. The predicted molar refractivity (Wildman–Crippen MR) is 62.6 cm³/mol. The van der Waals surface area contributed by atoms with Gasteiger partial charge in [0.25, 0.3) is 0 Å². The number of hydrogen-bond donors (Lipinski definition) is 2. The van der Waals surface area contributed by atoms with Gasteiger partial charge < -0.3 is 14.7 Å². The first kappa shape index (κ1) is 13.4. The van der Waals surface area contributed by atoms with Gasteiger partial charge in [-0.05, 0) is 5.56 Å². The molecule has 0 aromatic heterocycles. The average Bonchev–Trinajstić information content (AvgIpc) is 2.35. The molecule has 0 bridgehead atoms. The van der Waals surface area contributed by atoms with Gasteiger partial charge in [0.2, 0.25) is 0 Å². The Kier molecular flexibility index (Phi) is 3.78. The third kappa shape index (κ3) is 2.72. The molecule has 98 valence electrons. The summed E-state index contributed by atoms with van der Waals surface area (Å²) in [6.07, 6.45) is 0. The molecule has 0 fully saturated rings. The second-order valence-electron chi connectivity index (χ2n) is 3.67. The Bertz CT molecular complexity index is 591.